The average molecular weight is 419 g/mol. The molecule has 0 fully saturated rings. The maximum Gasteiger partial charge on any atom is 0.282 e. The number of nitrogens with zero attached hydrogens (tertiary/aromatic N) is 2. The standard InChI is InChI=1S/C24H16ClFN2O2/c25-17-7-5-16(6-8-17)21-22(27-14-13-15-3-1-2-4-20(15)27)24(30)28(23(21)29)19-11-9-18(26)10-12-19/h1-12H,13-14H2. The molecule has 0 saturated carbocycles. The SMILES string of the molecule is O=C1C(c2ccc(Cl)cc2)=C(N2CCc3ccccc32)C(=O)N1c1ccc(F)cc1. The first-order valence-electron chi connectivity index (χ1n) is 9.54. The van der Waals surface area contributed by atoms with Gasteiger partial charge in [-0.1, -0.05) is 41.9 Å². The van der Waals surface area contributed by atoms with Crippen molar-refractivity contribution >= 4 is 40.4 Å². The largest absolute Gasteiger partial charge is 0.336 e. The van der Waals surface area contributed by atoms with E-state index in [-0.39, 0.29) is 0 Å². The molecule has 0 N–H and O–H groups in total. The molecule has 0 aromatic heterocycles. The Morgan fingerprint density at radius 1 is 0.833 bits per heavy atom. The number of hydrogen-bond acceptors (Lipinski definition) is 3. The Bertz CT molecular complexity index is 1200. The van der Waals surface area contributed by atoms with Crippen LogP contribution < -0.4 is 9.80 Å². The van der Waals surface area contributed by atoms with Gasteiger partial charge >= 0.3 is 0 Å². The number of imide groups is 1. The minimum absolute atomic E-state index is 0.317. The Labute approximate surface area is 177 Å². The van der Waals surface area contributed by atoms with Gasteiger partial charge in [0.05, 0.1) is 11.3 Å². The van der Waals surface area contributed by atoms with Gasteiger partial charge in [0.15, 0.2) is 0 Å². The molecule has 5 rings (SSSR count). The van der Waals surface area contributed by atoms with Gasteiger partial charge in [0, 0.05) is 17.3 Å². The van der Waals surface area contributed by atoms with Crippen LogP contribution in [0.25, 0.3) is 5.57 Å². The van der Waals surface area contributed by atoms with Gasteiger partial charge in [0.2, 0.25) is 0 Å². The first kappa shape index (κ1) is 18.6. The predicted octanol–water partition coefficient (Wildman–Crippen LogP) is 4.83. The van der Waals surface area contributed by atoms with Crippen LogP contribution in [-0.2, 0) is 16.0 Å². The van der Waals surface area contributed by atoms with Gasteiger partial charge in [-0.05, 0) is 60.0 Å². The van der Waals surface area contributed by atoms with E-state index in [0.29, 0.717) is 34.1 Å². The van der Waals surface area contributed by atoms with E-state index in [1.54, 1.807) is 24.3 Å². The third-order valence-corrected chi connectivity index (χ3v) is 5.69. The zero-order valence-electron chi connectivity index (χ0n) is 15.8. The zero-order valence-corrected chi connectivity index (χ0v) is 16.6. The summed E-state index contributed by atoms with van der Waals surface area (Å²) in [6.45, 7) is 0.599. The van der Waals surface area contributed by atoms with Crippen molar-refractivity contribution in [1.29, 1.82) is 0 Å². The molecule has 0 unspecified atom stereocenters. The van der Waals surface area contributed by atoms with E-state index in [0.717, 1.165) is 22.6 Å². The van der Waals surface area contributed by atoms with E-state index in [9.17, 15) is 14.0 Å². The molecule has 2 heterocycles. The number of carbonyl (C=O) groups excluding carboxylic acids is 2. The molecular weight excluding hydrogens is 403 g/mol. The van der Waals surface area contributed by atoms with E-state index in [2.05, 4.69) is 0 Å². The molecule has 0 atom stereocenters. The summed E-state index contributed by atoms with van der Waals surface area (Å²) in [5, 5.41) is 0.541. The van der Waals surface area contributed by atoms with E-state index < -0.39 is 17.6 Å². The Kier molecular flexibility index (Phi) is 4.40. The number of benzene rings is 3. The smallest absolute Gasteiger partial charge is 0.282 e. The summed E-state index contributed by atoms with van der Waals surface area (Å²) < 4.78 is 13.4. The lowest BCUT2D eigenvalue weighted by atomic mass is 10.0. The first-order valence-corrected chi connectivity index (χ1v) is 9.92. The lowest BCUT2D eigenvalue weighted by Crippen LogP contribution is -2.34. The lowest BCUT2D eigenvalue weighted by Gasteiger charge is -2.21. The van der Waals surface area contributed by atoms with Gasteiger partial charge in [-0.3, -0.25) is 9.59 Å². The number of anilines is 2. The molecule has 0 saturated heterocycles. The minimum Gasteiger partial charge on any atom is -0.336 e. The fourth-order valence-corrected chi connectivity index (χ4v) is 4.17. The molecule has 0 spiro atoms. The van der Waals surface area contributed by atoms with Crippen LogP contribution in [0.3, 0.4) is 0 Å². The van der Waals surface area contributed by atoms with Crippen molar-refractivity contribution < 1.29 is 14.0 Å². The van der Waals surface area contributed by atoms with Crippen LogP contribution in [0.15, 0.2) is 78.5 Å². The Morgan fingerprint density at radius 3 is 2.27 bits per heavy atom. The third kappa shape index (κ3) is 2.90. The van der Waals surface area contributed by atoms with Gasteiger partial charge in [-0.25, -0.2) is 9.29 Å². The summed E-state index contributed by atoms with van der Waals surface area (Å²) in [5.74, 6) is -1.29. The molecule has 148 valence electrons. The maximum absolute atomic E-state index is 13.5. The predicted molar refractivity (Wildman–Crippen MR) is 115 cm³/mol. The molecule has 4 nitrogen and oxygen atoms in total. The van der Waals surface area contributed by atoms with E-state index in [4.69, 9.17) is 11.6 Å². The summed E-state index contributed by atoms with van der Waals surface area (Å²) in [6, 6.07) is 20.1. The van der Waals surface area contributed by atoms with Gasteiger partial charge < -0.3 is 4.90 Å². The number of hydrogen-bond donors (Lipinski definition) is 0. The van der Waals surface area contributed by atoms with Crippen molar-refractivity contribution in [3.8, 4) is 0 Å². The topological polar surface area (TPSA) is 40.6 Å². The second kappa shape index (κ2) is 7.11. The van der Waals surface area contributed by atoms with E-state index in [1.165, 1.54) is 24.3 Å². The van der Waals surface area contributed by atoms with E-state index in [1.807, 2.05) is 29.2 Å². The van der Waals surface area contributed by atoms with Crippen molar-refractivity contribution in [1.82, 2.24) is 0 Å². The van der Waals surface area contributed by atoms with Gasteiger partial charge in [-0.2, -0.15) is 0 Å². The second-order valence-corrected chi connectivity index (χ2v) is 7.62. The van der Waals surface area contributed by atoms with Crippen molar-refractivity contribution in [3.63, 3.8) is 0 Å². The summed E-state index contributed by atoms with van der Waals surface area (Å²) in [6.07, 6.45) is 0.783. The second-order valence-electron chi connectivity index (χ2n) is 7.18. The van der Waals surface area contributed by atoms with Crippen LogP contribution in [-0.4, -0.2) is 18.4 Å². The van der Waals surface area contributed by atoms with Crippen molar-refractivity contribution in [3.05, 3.63) is 100 Å². The van der Waals surface area contributed by atoms with Crippen LogP contribution in [0.4, 0.5) is 15.8 Å². The molecule has 6 heteroatoms. The Balaban J connectivity index is 1.68. The molecule has 2 aliphatic heterocycles. The number of carbonyl (C=O) groups is 2. The van der Waals surface area contributed by atoms with Crippen LogP contribution >= 0.6 is 11.6 Å². The van der Waals surface area contributed by atoms with Crippen molar-refractivity contribution in [2.45, 2.75) is 6.42 Å². The normalized spacial score (nSPS) is 15.9. The molecule has 3 aromatic rings. The van der Waals surface area contributed by atoms with Crippen molar-refractivity contribution in [2.24, 2.45) is 0 Å². The van der Waals surface area contributed by atoms with Crippen LogP contribution in [0.5, 0.6) is 0 Å². The first-order chi connectivity index (χ1) is 14.5. The highest BCUT2D eigenvalue weighted by atomic mass is 35.5. The zero-order chi connectivity index (χ0) is 20.8. The lowest BCUT2D eigenvalue weighted by molar-refractivity contribution is -0.120. The summed E-state index contributed by atoms with van der Waals surface area (Å²) in [5.41, 5.74) is 3.64. The van der Waals surface area contributed by atoms with Gasteiger partial charge in [0.25, 0.3) is 11.8 Å². The van der Waals surface area contributed by atoms with Crippen LogP contribution in [0.2, 0.25) is 5.02 Å². The fraction of sp³-hybridized carbons (Fsp3) is 0.0833. The number of fused-ring (bicyclic) bond motifs is 1. The highest BCUT2D eigenvalue weighted by Gasteiger charge is 2.44. The molecular formula is C24H16ClFN2O2. The Morgan fingerprint density at radius 2 is 1.53 bits per heavy atom. The monoisotopic (exact) mass is 418 g/mol. The number of amides is 2. The summed E-state index contributed by atoms with van der Waals surface area (Å²) in [4.78, 5) is 30.0. The number of halogens is 2. The average Bonchev–Trinajstić information content (AvgIpc) is 3.28. The van der Waals surface area contributed by atoms with Crippen molar-refractivity contribution in [2.75, 3.05) is 16.3 Å². The summed E-state index contributed by atoms with van der Waals surface area (Å²) in [7, 11) is 0. The van der Waals surface area contributed by atoms with Gasteiger partial charge in [0.1, 0.15) is 11.5 Å². The highest BCUT2D eigenvalue weighted by molar-refractivity contribution is 6.46. The minimum atomic E-state index is -0.437. The molecule has 0 bridgehead atoms. The fourth-order valence-electron chi connectivity index (χ4n) is 4.04. The highest BCUT2D eigenvalue weighted by Crippen LogP contribution is 2.40. The Hall–Kier alpha value is -3.44. The van der Waals surface area contributed by atoms with Crippen LogP contribution in [0.1, 0.15) is 11.1 Å². The third-order valence-electron chi connectivity index (χ3n) is 5.43. The summed E-state index contributed by atoms with van der Waals surface area (Å²) >= 11 is 6.03. The maximum atomic E-state index is 13.5. The molecule has 3 aromatic carbocycles. The molecule has 0 radical (unpaired) electrons. The number of para-hydroxylation sites is 1. The number of rotatable bonds is 3. The van der Waals surface area contributed by atoms with Crippen LogP contribution in [0, 0.1) is 5.82 Å². The molecule has 2 aliphatic rings. The van der Waals surface area contributed by atoms with E-state index >= 15 is 0 Å². The quantitative estimate of drug-likeness (QED) is 0.572. The van der Waals surface area contributed by atoms with Gasteiger partial charge in [-0.15, -0.1) is 0 Å². The molecule has 0 aliphatic carbocycles. The molecule has 30 heavy (non-hydrogen) atoms. The molecule has 2 amide bonds.